The normalized spacial score (nSPS) is 23.3. The maximum atomic E-state index is 11.1. The minimum Gasteiger partial charge on any atom is -0.429 e. The molecule has 1 unspecified atom stereocenters. The Morgan fingerprint density at radius 2 is 2.25 bits per heavy atom. The lowest BCUT2D eigenvalue weighted by Gasteiger charge is -2.23. The fraction of sp³-hybridized carbons (Fsp3) is 0.875. The maximum absolute atomic E-state index is 11.1. The molecule has 4 nitrogen and oxygen atoms in total. The summed E-state index contributed by atoms with van der Waals surface area (Å²) in [5, 5.41) is 4.18. The molecule has 1 atom stereocenters. The second kappa shape index (κ2) is 4.30. The molecule has 0 aliphatic carbocycles. The largest absolute Gasteiger partial charge is 0.429 e. The molecule has 0 aromatic heterocycles. The van der Waals surface area contributed by atoms with Crippen molar-refractivity contribution >= 4 is 6.09 Å². The van der Waals surface area contributed by atoms with Gasteiger partial charge in [0.05, 0.1) is 0 Å². The number of piperidine rings is 1. The molecule has 1 amide bonds. The van der Waals surface area contributed by atoms with Crippen LogP contribution in [0, 0.1) is 0 Å². The van der Waals surface area contributed by atoms with Crippen molar-refractivity contribution in [3.05, 3.63) is 0 Å². The molecule has 0 bridgehead atoms. The van der Waals surface area contributed by atoms with Crippen molar-refractivity contribution in [2.75, 3.05) is 20.6 Å². The fourth-order valence-corrected chi connectivity index (χ4v) is 1.08. The Balaban J connectivity index is 2.24. The van der Waals surface area contributed by atoms with Gasteiger partial charge in [0.2, 0.25) is 0 Å². The highest BCUT2D eigenvalue weighted by Gasteiger charge is 2.18. The van der Waals surface area contributed by atoms with Crippen molar-refractivity contribution in [3.8, 4) is 0 Å². The summed E-state index contributed by atoms with van der Waals surface area (Å²) in [4.78, 5) is 12.5. The SMILES string of the molecule is CN(C)C(=O)OC1CCCC[N]1. The number of carbonyl (C=O) groups is 1. The Bertz CT molecular complexity index is 153. The van der Waals surface area contributed by atoms with Crippen molar-refractivity contribution < 1.29 is 9.53 Å². The molecule has 1 aliphatic rings. The van der Waals surface area contributed by atoms with Gasteiger partial charge in [-0.15, -0.1) is 0 Å². The van der Waals surface area contributed by atoms with Crippen LogP contribution in [0.4, 0.5) is 4.79 Å². The summed E-state index contributed by atoms with van der Waals surface area (Å²) in [5.41, 5.74) is 0. The van der Waals surface area contributed by atoms with Crippen LogP contribution < -0.4 is 5.32 Å². The first-order valence-corrected chi connectivity index (χ1v) is 4.24. The third kappa shape index (κ3) is 2.70. The summed E-state index contributed by atoms with van der Waals surface area (Å²) in [5.74, 6) is 0. The van der Waals surface area contributed by atoms with Gasteiger partial charge in [-0.25, -0.2) is 10.1 Å². The topological polar surface area (TPSA) is 43.6 Å². The maximum Gasteiger partial charge on any atom is 0.410 e. The molecule has 12 heavy (non-hydrogen) atoms. The predicted molar refractivity (Wildman–Crippen MR) is 44.8 cm³/mol. The fourth-order valence-electron chi connectivity index (χ4n) is 1.08. The quantitative estimate of drug-likeness (QED) is 0.585. The van der Waals surface area contributed by atoms with Gasteiger partial charge in [0, 0.05) is 20.6 Å². The molecule has 0 N–H and O–H groups in total. The molecule has 1 heterocycles. The lowest BCUT2D eigenvalue weighted by molar-refractivity contribution is 0.0410. The molecule has 1 saturated heterocycles. The average molecular weight is 171 g/mol. The minimum absolute atomic E-state index is 0.200. The average Bonchev–Trinajstić information content (AvgIpc) is 2.06. The van der Waals surface area contributed by atoms with E-state index in [0.29, 0.717) is 0 Å². The summed E-state index contributed by atoms with van der Waals surface area (Å²) in [7, 11) is 3.34. The van der Waals surface area contributed by atoms with E-state index in [4.69, 9.17) is 4.74 Å². The lowest BCUT2D eigenvalue weighted by Crippen LogP contribution is -2.36. The summed E-state index contributed by atoms with van der Waals surface area (Å²) in [6, 6.07) is 0. The Hall–Kier alpha value is -0.770. The summed E-state index contributed by atoms with van der Waals surface area (Å²) < 4.78 is 5.07. The van der Waals surface area contributed by atoms with Crippen molar-refractivity contribution in [1.29, 1.82) is 0 Å². The Morgan fingerprint density at radius 3 is 2.75 bits per heavy atom. The molecule has 1 rings (SSSR count). The van der Waals surface area contributed by atoms with E-state index in [1.807, 2.05) is 0 Å². The first kappa shape index (κ1) is 9.32. The third-order valence-corrected chi connectivity index (χ3v) is 1.79. The zero-order chi connectivity index (χ0) is 8.97. The molecule has 0 aromatic rings. The van der Waals surface area contributed by atoms with Gasteiger partial charge in [0.25, 0.3) is 0 Å². The van der Waals surface area contributed by atoms with Crippen LogP contribution in [0.25, 0.3) is 0 Å². The smallest absolute Gasteiger partial charge is 0.410 e. The van der Waals surface area contributed by atoms with Crippen LogP contribution in [0.2, 0.25) is 0 Å². The summed E-state index contributed by atoms with van der Waals surface area (Å²) in [6.07, 6.45) is 2.60. The molecule has 1 fully saturated rings. The Morgan fingerprint density at radius 1 is 1.50 bits per heavy atom. The van der Waals surface area contributed by atoms with E-state index in [1.54, 1.807) is 14.1 Å². The summed E-state index contributed by atoms with van der Waals surface area (Å²) in [6.45, 7) is 0.825. The second-order valence-corrected chi connectivity index (χ2v) is 3.13. The van der Waals surface area contributed by atoms with Gasteiger partial charge in [-0.3, -0.25) is 0 Å². The molecule has 4 heteroatoms. The zero-order valence-electron chi connectivity index (χ0n) is 7.62. The van der Waals surface area contributed by atoms with Crippen LogP contribution in [0.3, 0.4) is 0 Å². The first-order valence-electron chi connectivity index (χ1n) is 4.24. The standard InChI is InChI=1S/C8H15N2O2/c1-10(2)8(11)12-7-5-3-4-6-9-7/h7H,3-6H2,1-2H3. The predicted octanol–water partition coefficient (Wildman–Crippen LogP) is 0.799. The van der Waals surface area contributed by atoms with Gasteiger partial charge in [0.1, 0.15) is 0 Å². The number of hydrogen-bond acceptors (Lipinski definition) is 2. The van der Waals surface area contributed by atoms with Crippen LogP contribution in [0.15, 0.2) is 0 Å². The first-order chi connectivity index (χ1) is 5.70. The van der Waals surface area contributed by atoms with Crippen LogP contribution in [0.5, 0.6) is 0 Å². The molecule has 0 saturated carbocycles. The molecule has 0 spiro atoms. The number of rotatable bonds is 1. The van der Waals surface area contributed by atoms with Gasteiger partial charge < -0.3 is 9.64 Å². The van der Waals surface area contributed by atoms with Crippen LogP contribution in [-0.2, 0) is 4.74 Å². The van der Waals surface area contributed by atoms with Crippen LogP contribution >= 0.6 is 0 Å². The number of nitrogens with zero attached hydrogens (tertiary/aromatic N) is 2. The Kier molecular flexibility index (Phi) is 3.34. The van der Waals surface area contributed by atoms with Crippen molar-refractivity contribution in [2.24, 2.45) is 0 Å². The van der Waals surface area contributed by atoms with E-state index in [-0.39, 0.29) is 12.3 Å². The monoisotopic (exact) mass is 171 g/mol. The highest BCUT2D eigenvalue weighted by Crippen LogP contribution is 2.10. The molecule has 1 radical (unpaired) electrons. The van der Waals surface area contributed by atoms with Crippen LogP contribution in [0.1, 0.15) is 19.3 Å². The van der Waals surface area contributed by atoms with E-state index in [2.05, 4.69) is 5.32 Å². The van der Waals surface area contributed by atoms with Crippen molar-refractivity contribution in [3.63, 3.8) is 0 Å². The highest BCUT2D eigenvalue weighted by atomic mass is 16.6. The van der Waals surface area contributed by atoms with Gasteiger partial charge in [0.15, 0.2) is 6.23 Å². The molecular formula is C8H15N2O2. The van der Waals surface area contributed by atoms with E-state index in [1.165, 1.54) is 4.90 Å². The minimum atomic E-state index is -0.300. The summed E-state index contributed by atoms with van der Waals surface area (Å²) >= 11 is 0. The second-order valence-electron chi connectivity index (χ2n) is 3.13. The van der Waals surface area contributed by atoms with E-state index < -0.39 is 0 Å². The van der Waals surface area contributed by atoms with E-state index in [9.17, 15) is 4.79 Å². The number of carbonyl (C=O) groups excluding carboxylic acids is 1. The van der Waals surface area contributed by atoms with Gasteiger partial charge >= 0.3 is 6.09 Å². The molecule has 0 aromatic carbocycles. The Labute approximate surface area is 72.9 Å². The number of amides is 1. The van der Waals surface area contributed by atoms with Gasteiger partial charge in [-0.05, 0) is 19.3 Å². The van der Waals surface area contributed by atoms with Gasteiger partial charge in [-0.1, -0.05) is 0 Å². The molecular weight excluding hydrogens is 156 g/mol. The number of hydrogen-bond donors (Lipinski definition) is 0. The molecule has 1 aliphatic heterocycles. The van der Waals surface area contributed by atoms with Gasteiger partial charge in [-0.2, -0.15) is 0 Å². The van der Waals surface area contributed by atoms with E-state index in [0.717, 1.165) is 25.8 Å². The third-order valence-electron chi connectivity index (χ3n) is 1.79. The highest BCUT2D eigenvalue weighted by molar-refractivity contribution is 5.66. The zero-order valence-corrected chi connectivity index (χ0v) is 7.62. The van der Waals surface area contributed by atoms with Crippen molar-refractivity contribution in [2.45, 2.75) is 25.5 Å². The molecule has 69 valence electrons. The van der Waals surface area contributed by atoms with Crippen LogP contribution in [-0.4, -0.2) is 37.9 Å². The lowest BCUT2D eigenvalue weighted by atomic mass is 10.1. The number of ether oxygens (including phenoxy) is 1. The van der Waals surface area contributed by atoms with Crippen molar-refractivity contribution in [1.82, 2.24) is 10.2 Å². The van der Waals surface area contributed by atoms with E-state index >= 15 is 0 Å².